The Balaban J connectivity index is 1.56. The van der Waals surface area contributed by atoms with Crippen LogP contribution in [0.4, 0.5) is 0 Å². The summed E-state index contributed by atoms with van der Waals surface area (Å²) in [5, 5.41) is 0. The molecule has 1 saturated carbocycles. The largest absolute Gasteiger partial charge is 0.301 e. The second-order valence-electron chi connectivity index (χ2n) is 6.58. The maximum Gasteiger partial charge on any atom is 0.0113 e. The normalized spacial score (nSPS) is 37.3. The molecule has 19 heavy (non-hydrogen) atoms. The maximum absolute atomic E-state index is 4.16. The lowest BCUT2D eigenvalue weighted by molar-refractivity contribution is 0.0589. The van der Waals surface area contributed by atoms with Crippen LogP contribution in [0.3, 0.4) is 0 Å². The van der Waals surface area contributed by atoms with Gasteiger partial charge in [0.1, 0.15) is 0 Å². The number of allylic oxidation sites excluding steroid dienone is 3. The van der Waals surface area contributed by atoms with E-state index in [4.69, 9.17) is 0 Å². The van der Waals surface area contributed by atoms with Gasteiger partial charge in [-0.1, -0.05) is 31.2 Å². The fraction of sp³-hybridized carbons (Fsp3) is 0.765. The van der Waals surface area contributed by atoms with Crippen molar-refractivity contribution in [2.75, 3.05) is 32.7 Å². The molecule has 1 saturated heterocycles. The Morgan fingerprint density at radius 3 is 2.74 bits per heavy atom. The molecule has 0 spiro atoms. The van der Waals surface area contributed by atoms with Crippen molar-refractivity contribution >= 4 is 0 Å². The lowest BCUT2D eigenvalue weighted by Gasteiger charge is -2.45. The van der Waals surface area contributed by atoms with Crippen LogP contribution in [0.15, 0.2) is 24.3 Å². The van der Waals surface area contributed by atoms with Gasteiger partial charge in [0.25, 0.3) is 0 Å². The molecule has 3 aliphatic rings. The summed E-state index contributed by atoms with van der Waals surface area (Å²) < 4.78 is 0. The molecule has 2 heteroatoms. The lowest BCUT2D eigenvalue weighted by atomic mass is 9.71. The smallest absolute Gasteiger partial charge is 0.0113 e. The highest BCUT2D eigenvalue weighted by Gasteiger charge is 2.34. The zero-order chi connectivity index (χ0) is 13.2. The molecule has 1 heterocycles. The van der Waals surface area contributed by atoms with E-state index in [1.54, 1.807) is 0 Å². The summed E-state index contributed by atoms with van der Waals surface area (Å²) in [5.74, 6) is 1.72. The molecule has 3 atom stereocenters. The monoisotopic (exact) mass is 260 g/mol. The molecule has 0 aromatic heterocycles. The van der Waals surface area contributed by atoms with Crippen LogP contribution in [-0.4, -0.2) is 48.6 Å². The molecule has 1 aliphatic heterocycles. The fourth-order valence-corrected chi connectivity index (χ4v) is 4.19. The molecule has 3 unspecified atom stereocenters. The average Bonchev–Trinajstić information content (AvgIpc) is 2.46. The second-order valence-corrected chi connectivity index (χ2v) is 6.58. The fourth-order valence-electron chi connectivity index (χ4n) is 4.19. The molecule has 0 radical (unpaired) electrons. The Kier molecular flexibility index (Phi) is 4.09. The minimum atomic E-state index is 0.846. The van der Waals surface area contributed by atoms with Crippen molar-refractivity contribution in [1.82, 2.24) is 9.80 Å². The molecule has 2 nitrogen and oxygen atoms in total. The van der Waals surface area contributed by atoms with E-state index in [2.05, 4.69) is 35.5 Å². The van der Waals surface area contributed by atoms with E-state index < -0.39 is 0 Å². The number of hydrogen-bond acceptors (Lipinski definition) is 2. The summed E-state index contributed by atoms with van der Waals surface area (Å²) in [7, 11) is 0. The predicted molar refractivity (Wildman–Crippen MR) is 81.2 cm³/mol. The minimum Gasteiger partial charge on any atom is -0.301 e. The van der Waals surface area contributed by atoms with E-state index in [1.807, 2.05) is 0 Å². The van der Waals surface area contributed by atoms with Gasteiger partial charge in [0.05, 0.1) is 0 Å². The first kappa shape index (κ1) is 13.4. The molecule has 0 aromatic rings. The topological polar surface area (TPSA) is 6.48 Å². The Morgan fingerprint density at radius 2 is 2.00 bits per heavy atom. The van der Waals surface area contributed by atoms with Gasteiger partial charge >= 0.3 is 0 Å². The van der Waals surface area contributed by atoms with Crippen molar-refractivity contribution in [3.63, 3.8) is 0 Å². The highest BCUT2D eigenvalue weighted by Crippen LogP contribution is 2.40. The minimum absolute atomic E-state index is 0.846. The third kappa shape index (κ3) is 2.95. The van der Waals surface area contributed by atoms with Crippen LogP contribution in [0.2, 0.25) is 0 Å². The van der Waals surface area contributed by atoms with Crippen molar-refractivity contribution < 1.29 is 0 Å². The lowest BCUT2D eigenvalue weighted by Crippen LogP contribution is -2.51. The number of piperazine rings is 1. The Labute approximate surface area is 118 Å². The zero-order valence-corrected chi connectivity index (χ0v) is 12.4. The van der Waals surface area contributed by atoms with E-state index in [9.17, 15) is 0 Å². The van der Waals surface area contributed by atoms with Gasteiger partial charge < -0.3 is 4.90 Å². The SMILES string of the molecule is C=C1C=CC2CCC(N3CCN(CC)CC3)CC2C1. The zero-order valence-electron chi connectivity index (χ0n) is 12.4. The first-order valence-corrected chi connectivity index (χ1v) is 8.08. The van der Waals surface area contributed by atoms with Gasteiger partial charge in [-0.15, -0.1) is 0 Å². The van der Waals surface area contributed by atoms with Crippen LogP contribution in [-0.2, 0) is 0 Å². The second kappa shape index (κ2) is 5.80. The van der Waals surface area contributed by atoms with Crippen LogP contribution < -0.4 is 0 Å². The van der Waals surface area contributed by atoms with Gasteiger partial charge in [-0.3, -0.25) is 4.90 Å². The molecule has 106 valence electrons. The van der Waals surface area contributed by atoms with E-state index >= 15 is 0 Å². The van der Waals surface area contributed by atoms with Crippen molar-refractivity contribution in [1.29, 1.82) is 0 Å². The number of nitrogens with zero attached hydrogens (tertiary/aromatic N) is 2. The number of rotatable bonds is 2. The first-order valence-electron chi connectivity index (χ1n) is 8.08. The summed E-state index contributed by atoms with van der Waals surface area (Å²) in [6, 6.07) is 0.847. The quantitative estimate of drug-likeness (QED) is 0.753. The van der Waals surface area contributed by atoms with E-state index in [0.29, 0.717) is 0 Å². The third-order valence-electron chi connectivity index (χ3n) is 5.49. The van der Waals surface area contributed by atoms with Gasteiger partial charge in [-0.05, 0) is 44.1 Å². The van der Waals surface area contributed by atoms with Crippen LogP contribution in [0.25, 0.3) is 0 Å². The van der Waals surface area contributed by atoms with E-state index in [1.165, 1.54) is 64.0 Å². The highest BCUT2D eigenvalue weighted by molar-refractivity contribution is 5.21. The van der Waals surface area contributed by atoms with E-state index in [-0.39, 0.29) is 0 Å². The van der Waals surface area contributed by atoms with Crippen molar-refractivity contribution in [2.45, 2.75) is 38.6 Å². The summed E-state index contributed by atoms with van der Waals surface area (Å²) in [6.07, 6.45) is 10.1. The molecule has 2 fully saturated rings. The molecule has 0 N–H and O–H groups in total. The van der Waals surface area contributed by atoms with Crippen LogP contribution in [0, 0.1) is 11.8 Å². The average molecular weight is 260 g/mol. The van der Waals surface area contributed by atoms with Crippen molar-refractivity contribution in [3.8, 4) is 0 Å². The summed E-state index contributed by atoms with van der Waals surface area (Å²) in [5.41, 5.74) is 1.35. The van der Waals surface area contributed by atoms with Gasteiger partial charge in [0.2, 0.25) is 0 Å². The van der Waals surface area contributed by atoms with Crippen molar-refractivity contribution in [3.05, 3.63) is 24.3 Å². The standard InChI is InChI=1S/C17H28N2/c1-3-18-8-10-19(11-9-18)17-7-6-15-5-4-14(2)12-16(15)13-17/h4-5,15-17H,2-3,6-13H2,1H3. The number of hydrogen-bond donors (Lipinski definition) is 0. The number of likely N-dealkylation sites (N-methyl/N-ethyl adjacent to an activating group) is 1. The molecular formula is C17H28N2. The summed E-state index contributed by atoms with van der Waals surface area (Å²) in [6.45, 7) is 12.8. The molecular weight excluding hydrogens is 232 g/mol. The molecule has 0 amide bonds. The van der Waals surface area contributed by atoms with Gasteiger partial charge in [0.15, 0.2) is 0 Å². The van der Waals surface area contributed by atoms with Gasteiger partial charge in [0, 0.05) is 32.2 Å². The Bertz CT molecular complexity index is 352. The maximum atomic E-state index is 4.16. The molecule has 3 rings (SSSR count). The highest BCUT2D eigenvalue weighted by atomic mass is 15.3. The van der Waals surface area contributed by atoms with Crippen LogP contribution in [0.5, 0.6) is 0 Å². The first-order chi connectivity index (χ1) is 9.26. The molecule has 0 aromatic carbocycles. The Morgan fingerprint density at radius 1 is 1.21 bits per heavy atom. The van der Waals surface area contributed by atoms with Crippen molar-refractivity contribution in [2.24, 2.45) is 11.8 Å². The van der Waals surface area contributed by atoms with Crippen LogP contribution >= 0.6 is 0 Å². The van der Waals surface area contributed by atoms with E-state index in [0.717, 1.165) is 17.9 Å². The van der Waals surface area contributed by atoms with Gasteiger partial charge in [-0.2, -0.15) is 0 Å². The summed E-state index contributed by atoms with van der Waals surface area (Å²) in [4.78, 5) is 5.34. The molecule has 0 bridgehead atoms. The van der Waals surface area contributed by atoms with Gasteiger partial charge in [-0.25, -0.2) is 0 Å². The Hall–Kier alpha value is -0.600. The third-order valence-corrected chi connectivity index (χ3v) is 5.49. The molecule has 2 aliphatic carbocycles. The van der Waals surface area contributed by atoms with Crippen LogP contribution in [0.1, 0.15) is 32.6 Å². The summed E-state index contributed by atoms with van der Waals surface area (Å²) >= 11 is 0. The number of fused-ring (bicyclic) bond motifs is 1. The predicted octanol–water partition coefficient (Wildman–Crippen LogP) is 2.92.